The first-order valence-electron chi connectivity index (χ1n) is 8.63. The van der Waals surface area contributed by atoms with Gasteiger partial charge >= 0.3 is 0 Å². The zero-order valence-electron chi connectivity index (χ0n) is 15.2. The fraction of sp³-hybridized carbons (Fsp3) is 0.190. The first kappa shape index (κ1) is 18.9. The lowest BCUT2D eigenvalue weighted by Gasteiger charge is -2.22. The number of hydrogen-bond acceptors (Lipinski definition) is 4. The Morgan fingerprint density at radius 3 is 2.19 bits per heavy atom. The van der Waals surface area contributed by atoms with Crippen molar-refractivity contribution in [2.24, 2.45) is 0 Å². The van der Waals surface area contributed by atoms with Crippen LogP contribution in [-0.2, 0) is 16.4 Å². The van der Waals surface area contributed by atoms with Gasteiger partial charge in [-0.05, 0) is 62.4 Å². The molecule has 0 aliphatic heterocycles. The van der Waals surface area contributed by atoms with Gasteiger partial charge in [0.05, 0.1) is 23.0 Å². The predicted octanol–water partition coefficient (Wildman–Crippen LogP) is 4.31. The van der Waals surface area contributed by atoms with E-state index in [0.29, 0.717) is 11.3 Å². The van der Waals surface area contributed by atoms with Crippen LogP contribution < -0.4 is 4.90 Å². The summed E-state index contributed by atoms with van der Waals surface area (Å²) in [5.41, 5.74) is 1.14. The second-order valence-corrected chi connectivity index (χ2v) is 8.93. The molecule has 140 valence electrons. The molecule has 0 aliphatic carbocycles. The molecule has 1 amide bonds. The number of hydrogen-bond donors (Lipinski definition) is 0. The number of para-hydroxylation sites is 1. The Bertz CT molecular complexity index is 992. The molecule has 27 heavy (non-hydrogen) atoms. The minimum absolute atomic E-state index is 0.214. The van der Waals surface area contributed by atoms with E-state index in [-0.39, 0.29) is 17.3 Å². The number of benzene rings is 2. The number of amides is 1. The van der Waals surface area contributed by atoms with E-state index in [2.05, 4.69) is 0 Å². The molecule has 3 rings (SSSR count). The lowest BCUT2D eigenvalue weighted by Crippen LogP contribution is -2.30. The largest absolute Gasteiger partial charge is 0.467 e. The van der Waals surface area contributed by atoms with Gasteiger partial charge in [-0.15, -0.1) is 0 Å². The van der Waals surface area contributed by atoms with E-state index in [1.54, 1.807) is 43.2 Å². The lowest BCUT2D eigenvalue weighted by molar-refractivity contribution is 0.0983. The van der Waals surface area contributed by atoms with Crippen molar-refractivity contribution in [1.82, 2.24) is 0 Å². The quantitative estimate of drug-likeness (QED) is 0.636. The number of sulfone groups is 1. The van der Waals surface area contributed by atoms with Crippen molar-refractivity contribution in [1.29, 1.82) is 0 Å². The van der Waals surface area contributed by atoms with Crippen LogP contribution in [0.4, 0.5) is 5.69 Å². The molecular formula is C21H21NO4S. The highest BCUT2D eigenvalue weighted by Crippen LogP contribution is 2.22. The standard InChI is InChI=1S/C21H21NO4S/c1-16(2)27(24,25)20-12-10-17(11-13-20)21(23)22(15-19-9-6-14-26-19)18-7-4-3-5-8-18/h3-14,16H,15H2,1-2H3. The topological polar surface area (TPSA) is 67.6 Å². The molecule has 0 spiro atoms. The lowest BCUT2D eigenvalue weighted by atomic mass is 10.1. The van der Waals surface area contributed by atoms with Crippen molar-refractivity contribution in [2.45, 2.75) is 30.5 Å². The molecule has 3 aromatic rings. The summed E-state index contributed by atoms with van der Waals surface area (Å²) in [7, 11) is -3.37. The zero-order chi connectivity index (χ0) is 19.4. The van der Waals surface area contributed by atoms with Crippen molar-refractivity contribution in [3.8, 4) is 0 Å². The number of carbonyl (C=O) groups is 1. The monoisotopic (exact) mass is 383 g/mol. The fourth-order valence-corrected chi connectivity index (χ4v) is 3.72. The molecule has 0 saturated carbocycles. The summed E-state index contributed by atoms with van der Waals surface area (Å²) in [6.07, 6.45) is 1.56. The Balaban J connectivity index is 1.92. The summed E-state index contributed by atoms with van der Waals surface area (Å²) in [6.45, 7) is 3.55. The molecule has 0 unspecified atom stereocenters. The van der Waals surface area contributed by atoms with Crippen molar-refractivity contribution < 1.29 is 17.6 Å². The van der Waals surface area contributed by atoms with Crippen LogP contribution >= 0.6 is 0 Å². The average Bonchev–Trinajstić information content (AvgIpc) is 3.19. The van der Waals surface area contributed by atoms with Crippen LogP contribution in [0, 0.1) is 0 Å². The Morgan fingerprint density at radius 1 is 0.963 bits per heavy atom. The van der Waals surface area contributed by atoms with Crippen molar-refractivity contribution in [2.75, 3.05) is 4.90 Å². The smallest absolute Gasteiger partial charge is 0.258 e. The van der Waals surface area contributed by atoms with Crippen LogP contribution in [0.3, 0.4) is 0 Å². The minimum atomic E-state index is -3.37. The van der Waals surface area contributed by atoms with E-state index >= 15 is 0 Å². The van der Waals surface area contributed by atoms with Crippen LogP contribution in [-0.4, -0.2) is 19.6 Å². The Hall–Kier alpha value is -2.86. The van der Waals surface area contributed by atoms with Gasteiger partial charge in [0.2, 0.25) is 0 Å². The van der Waals surface area contributed by atoms with E-state index in [1.165, 1.54) is 12.1 Å². The molecule has 0 N–H and O–H groups in total. The minimum Gasteiger partial charge on any atom is -0.467 e. The SMILES string of the molecule is CC(C)S(=O)(=O)c1ccc(C(=O)N(Cc2ccco2)c2ccccc2)cc1. The second kappa shape index (κ2) is 7.80. The second-order valence-electron chi connectivity index (χ2n) is 6.42. The van der Waals surface area contributed by atoms with Gasteiger partial charge in [-0.1, -0.05) is 18.2 Å². The highest BCUT2D eigenvalue weighted by atomic mass is 32.2. The number of rotatable bonds is 6. The van der Waals surface area contributed by atoms with Crippen molar-refractivity contribution in [3.05, 3.63) is 84.3 Å². The van der Waals surface area contributed by atoms with Gasteiger partial charge in [-0.2, -0.15) is 0 Å². The predicted molar refractivity (Wildman–Crippen MR) is 104 cm³/mol. The molecule has 1 heterocycles. The Kier molecular flexibility index (Phi) is 5.46. The molecule has 0 bridgehead atoms. The van der Waals surface area contributed by atoms with E-state index in [4.69, 9.17) is 4.42 Å². The molecule has 0 saturated heterocycles. The van der Waals surface area contributed by atoms with Gasteiger partial charge in [-0.25, -0.2) is 8.42 Å². The van der Waals surface area contributed by atoms with Crippen LogP contribution in [0.5, 0.6) is 0 Å². The third kappa shape index (κ3) is 4.11. The molecule has 2 aromatic carbocycles. The summed E-state index contributed by atoms with van der Waals surface area (Å²) < 4.78 is 29.9. The van der Waals surface area contributed by atoms with Crippen molar-refractivity contribution >= 4 is 21.4 Å². The average molecular weight is 383 g/mol. The third-order valence-electron chi connectivity index (χ3n) is 4.26. The van der Waals surface area contributed by atoms with E-state index in [1.807, 2.05) is 36.4 Å². The number of furan rings is 1. The van der Waals surface area contributed by atoms with Gasteiger partial charge in [0.15, 0.2) is 9.84 Å². The number of carbonyl (C=O) groups excluding carboxylic acids is 1. The van der Waals surface area contributed by atoms with Gasteiger partial charge in [0.25, 0.3) is 5.91 Å². The summed E-state index contributed by atoms with van der Waals surface area (Å²) in [4.78, 5) is 14.9. The molecular weight excluding hydrogens is 362 g/mol. The van der Waals surface area contributed by atoms with Gasteiger partial charge in [0.1, 0.15) is 5.76 Å². The Labute approximate surface area is 159 Å². The molecule has 0 fully saturated rings. The zero-order valence-corrected chi connectivity index (χ0v) is 16.0. The first-order valence-corrected chi connectivity index (χ1v) is 10.2. The first-order chi connectivity index (χ1) is 12.9. The summed E-state index contributed by atoms with van der Waals surface area (Å²) in [5.74, 6) is 0.428. The Morgan fingerprint density at radius 2 is 1.63 bits per heavy atom. The van der Waals surface area contributed by atoms with Crippen LogP contribution in [0.2, 0.25) is 0 Å². The van der Waals surface area contributed by atoms with Gasteiger partial charge < -0.3 is 9.32 Å². The van der Waals surface area contributed by atoms with Crippen LogP contribution in [0.1, 0.15) is 30.0 Å². The molecule has 0 radical (unpaired) electrons. The maximum Gasteiger partial charge on any atom is 0.258 e. The highest BCUT2D eigenvalue weighted by molar-refractivity contribution is 7.92. The van der Waals surface area contributed by atoms with Crippen LogP contribution in [0.15, 0.2) is 82.3 Å². The van der Waals surface area contributed by atoms with Crippen molar-refractivity contribution in [3.63, 3.8) is 0 Å². The van der Waals surface area contributed by atoms with Crippen LogP contribution in [0.25, 0.3) is 0 Å². The molecule has 1 aromatic heterocycles. The number of anilines is 1. The summed E-state index contributed by atoms with van der Waals surface area (Å²) in [6, 6.07) is 18.9. The maximum atomic E-state index is 13.1. The normalized spacial score (nSPS) is 11.5. The fourth-order valence-electron chi connectivity index (χ4n) is 2.66. The third-order valence-corrected chi connectivity index (χ3v) is 6.43. The van der Waals surface area contributed by atoms with Gasteiger partial charge in [-0.3, -0.25) is 4.79 Å². The summed E-state index contributed by atoms with van der Waals surface area (Å²) >= 11 is 0. The molecule has 0 atom stereocenters. The summed E-state index contributed by atoms with van der Waals surface area (Å²) in [5, 5.41) is -0.515. The van der Waals surface area contributed by atoms with E-state index in [0.717, 1.165) is 5.69 Å². The molecule has 0 aliphatic rings. The van der Waals surface area contributed by atoms with E-state index in [9.17, 15) is 13.2 Å². The molecule has 6 heteroatoms. The number of nitrogens with zero attached hydrogens (tertiary/aromatic N) is 1. The van der Waals surface area contributed by atoms with E-state index < -0.39 is 15.1 Å². The maximum absolute atomic E-state index is 13.1. The highest BCUT2D eigenvalue weighted by Gasteiger charge is 2.22. The van der Waals surface area contributed by atoms with Gasteiger partial charge in [0, 0.05) is 11.3 Å². The molecule has 5 nitrogen and oxygen atoms in total.